The van der Waals surface area contributed by atoms with Gasteiger partial charge >= 0.3 is 0 Å². The van der Waals surface area contributed by atoms with E-state index in [2.05, 4.69) is 0 Å². The summed E-state index contributed by atoms with van der Waals surface area (Å²) in [6.07, 6.45) is 6.72. The maximum Gasteiger partial charge on any atom is 0.138 e. The van der Waals surface area contributed by atoms with Crippen molar-refractivity contribution in [2.75, 3.05) is 6.61 Å². The largest absolute Gasteiger partial charge is 0.377 e. The van der Waals surface area contributed by atoms with Crippen LogP contribution in [0.1, 0.15) is 38.5 Å². The molecule has 2 aliphatic rings. The van der Waals surface area contributed by atoms with Crippen molar-refractivity contribution in [2.45, 2.75) is 44.6 Å². The minimum absolute atomic E-state index is 0.251. The van der Waals surface area contributed by atoms with Gasteiger partial charge in [0.1, 0.15) is 5.78 Å². The third-order valence-corrected chi connectivity index (χ3v) is 3.02. The summed E-state index contributed by atoms with van der Waals surface area (Å²) in [6.45, 7) is 0.869. The lowest BCUT2D eigenvalue weighted by Gasteiger charge is -2.25. The third kappa shape index (κ3) is 1.53. The molecule has 1 saturated heterocycles. The van der Waals surface area contributed by atoms with E-state index in [-0.39, 0.29) is 12.0 Å². The molecule has 1 saturated carbocycles. The second-order valence-electron chi connectivity index (χ2n) is 3.87. The number of rotatable bonds is 1. The predicted octanol–water partition coefficient (Wildman–Crippen LogP) is 1.92. The first-order valence-corrected chi connectivity index (χ1v) is 5.02. The zero-order valence-electron chi connectivity index (χ0n) is 7.42. The fourth-order valence-electron chi connectivity index (χ4n) is 2.32. The highest BCUT2D eigenvalue weighted by Gasteiger charge is 2.32. The molecule has 1 heterocycles. The van der Waals surface area contributed by atoms with Crippen molar-refractivity contribution in [3.63, 3.8) is 0 Å². The van der Waals surface area contributed by atoms with E-state index >= 15 is 0 Å². The fourth-order valence-corrected chi connectivity index (χ4v) is 2.32. The molecule has 1 aliphatic heterocycles. The van der Waals surface area contributed by atoms with Gasteiger partial charge in [0, 0.05) is 18.9 Å². The van der Waals surface area contributed by atoms with Crippen LogP contribution in [-0.4, -0.2) is 18.5 Å². The molecule has 0 spiro atoms. The van der Waals surface area contributed by atoms with Gasteiger partial charge < -0.3 is 4.74 Å². The summed E-state index contributed by atoms with van der Waals surface area (Å²) in [5, 5.41) is 0. The first-order valence-electron chi connectivity index (χ1n) is 5.02. The Labute approximate surface area is 73.3 Å². The van der Waals surface area contributed by atoms with Gasteiger partial charge in [0.05, 0.1) is 6.10 Å². The van der Waals surface area contributed by atoms with E-state index in [1.165, 1.54) is 6.42 Å². The van der Waals surface area contributed by atoms with Crippen LogP contribution in [0.15, 0.2) is 0 Å². The Hall–Kier alpha value is -0.370. The number of hydrogen-bond acceptors (Lipinski definition) is 2. The molecular formula is C10H16O2. The average Bonchev–Trinajstić information content (AvgIpc) is 2.57. The summed E-state index contributed by atoms with van der Waals surface area (Å²) in [5.41, 5.74) is 0. The van der Waals surface area contributed by atoms with Crippen molar-refractivity contribution >= 4 is 5.78 Å². The topological polar surface area (TPSA) is 26.3 Å². The van der Waals surface area contributed by atoms with Gasteiger partial charge in [-0.25, -0.2) is 0 Å². The Bertz CT molecular complexity index is 171. The molecule has 0 radical (unpaired) electrons. The SMILES string of the molecule is O=C1CCCCC1C1CCCO1. The van der Waals surface area contributed by atoms with E-state index in [4.69, 9.17) is 4.74 Å². The Morgan fingerprint density at radius 3 is 2.75 bits per heavy atom. The summed E-state index contributed by atoms with van der Waals surface area (Å²) >= 11 is 0. The van der Waals surface area contributed by atoms with E-state index in [0.29, 0.717) is 5.78 Å². The van der Waals surface area contributed by atoms with Crippen LogP contribution in [0.5, 0.6) is 0 Å². The van der Waals surface area contributed by atoms with Crippen molar-refractivity contribution in [3.05, 3.63) is 0 Å². The zero-order valence-corrected chi connectivity index (χ0v) is 7.42. The summed E-state index contributed by atoms with van der Waals surface area (Å²) in [7, 11) is 0. The minimum Gasteiger partial charge on any atom is -0.377 e. The second kappa shape index (κ2) is 3.56. The second-order valence-corrected chi connectivity index (χ2v) is 3.87. The van der Waals surface area contributed by atoms with Gasteiger partial charge in [-0.05, 0) is 25.7 Å². The first-order chi connectivity index (χ1) is 5.88. The molecule has 0 amide bonds. The molecule has 2 heteroatoms. The lowest BCUT2D eigenvalue weighted by Crippen LogP contribution is -2.30. The molecule has 0 aromatic heterocycles. The molecule has 0 bridgehead atoms. The molecule has 0 aromatic carbocycles. The third-order valence-electron chi connectivity index (χ3n) is 3.02. The molecular weight excluding hydrogens is 152 g/mol. The van der Waals surface area contributed by atoms with Crippen molar-refractivity contribution in [3.8, 4) is 0 Å². The fraction of sp³-hybridized carbons (Fsp3) is 0.900. The Kier molecular flexibility index (Phi) is 2.45. The minimum atomic E-state index is 0.251. The number of Topliss-reactive ketones (excluding diaryl/α,β-unsaturated/α-hetero) is 1. The van der Waals surface area contributed by atoms with Gasteiger partial charge in [0.25, 0.3) is 0 Å². The van der Waals surface area contributed by atoms with Crippen LogP contribution in [0.4, 0.5) is 0 Å². The summed E-state index contributed by atoms with van der Waals surface area (Å²) in [4.78, 5) is 11.5. The average molecular weight is 168 g/mol. The van der Waals surface area contributed by atoms with Crippen LogP contribution in [0, 0.1) is 5.92 Å². The Morgan fingerprint density at radius 1 is 1.17 bits per heavy atom. The molecule has 2 fully saturated rings. The number of carbonyl (C=O) groups is 1. The molecule has 2 atom stereocenters. The normalized spacial score (nSPS) is 37.2. The molecule has 12 heavy (non-hydrogen) atoms. The summed E-state index contributed by atoms with van der Waals surface area (Å²) in [6, 6.07) is 0. The van der Waals surface area contributed by atoms with Crippen LogP contribution in [-0.2, 0) is 9.53 Å². The van der Waals surface area contributed by atoms with Gasteiger partial charge in [-0.15, -0.1) is 0 Å². The van der Waals surface area contributed by atoms with Gasteiger partial charge in [-0.2, -0.15) is 0 Å². The zero-order chi connectivity index (χ0) is 8.39. The summed E-state index contributed by atoms with van der Waals surface area (Å²) in [5.74, 6) is 0.703. The Morgan fingerprint density at radius 2 is 2.08 bits per heavy atom. The Balaban J connectivity index is 1.95. The molecule has 2 rings (SSSR count). The highest BCUT2D eigenvalue weighted by molar-refractivity contribution is 5.82. The number of hydrogen-bond donors (Lipinski definition) is 0. The molecule has 2 nitrogen and oxygen atoms in total. The molecule has 68 valence electrons. The molecule has 0 N–H and O–H groups in total. The van der Waals surface area contributed by atoms with Gasteiger partial charge in [-0.1, -0.05) is 6.42 Å². The van der Waals surface area contributed by atoms with Crippen molar-refractivity contribution in [2.24, 2.45) is 5.92 Å². The maximum atomic E-state index is 11.5. The van der Waals surface area contributed by atoms with Gasteiger partial charge in [0.2, 0.25) is 0 Å². The van der Waals surface area contributed by atoms with Crippen LogP contribution in [0.2, 0.25) is 0 Å². The quantitative estimate of drug-likeness (QED) is 0.598. The monoisotopic (exact) mass is 168 g/mol. The van der Waals surface area contributed by atoms with Crippen LogP contribution in [0.25, 0.3) is 0 Å². The van der Waals surface area contributed by atoms with E-state index in [0.717, 1.165) is 38.7 Å². The standard InChI is InChI=1S/C10H16O2/c11-9-5-2-1-4-8(9)10-6-3-7-12-10/h8,10H,1-7H2. The lowest BCUT2D eigenvalue weighted by atomic mass is 9.83. The number of carbonyl (C=O) groups excluding carboxylic acids is 1. The number of ketones is 1. The lowest BCUT2D eigenvalue weighted by molar-refractivity contribution is -0.128. The highest BCUT2D eigenvalue weighted by atomic mass is 16.5. The van der Waals surface area contributed by atoms with Gasteiger partial charge in [-0.3, -0.25) is 4.79 Å². The molecule has 2 unspecified atom stereocenters. The van der Waals surface area contributed by atoms with Crippen molar-refractivity contribution in [1.29, 1.82) is 0 Å². The van der Waals surface area contributed by atoms with Gasteiger partial charge in [0.15, 0.2) is 0 Å². The van der Waals surface area contributed by atoms with Crippen LogP contribution < -0.4 is 0 Å². The van der Waals surface area contributed by atoms with Crippen molar-refractivity contribution < 1.29 is 9.53 Å². The maximum absolute atomic E-state index is 11.5. The van der Waals surface area contributed by atoms with E-state index in [9.17, 15) is 4.79 Å². The summed E-state index contributed by atoms with van der Waals surface area (Å²) < 4.78 is 5.54. The highest BCUT2D eigenvalue weighted by Crippen LogP contribution is 2.30. The predicted molar refractivity (Wildman–Crippen MR) is 45.9 cm³/mol. The van der Waals surface area contributed by atoms with E-state index < -0.39 is 0 Å². The first kappa shape index (κ1) is 8.24. The molecule has 1 aliphatic carbocycles. The molecule has 0 aromatic rings. The van der Waals surface area contributed by atoms with E-state index in [1.807, 2.05) is 0 Å². The number of ether oxygens (including phenoxy) is 1. The van der Waals surface area contributed by atoms with Crippen LogP contribution in [0.3, 0.4) is 0 Å². The van der Waals surface area contributed by atoms with Crippen LogP contribution >= 0.6 is 0 Å². The van der Waals surface area contributed by atoms with E-state index in [1.54, 1.807) is 0 Å². The smallest absolute Gasteiger partial charge is 0.138 e. The van der Waals surface area contributed by atoms with Crippen molar-refractivity contribution in [1.82, 2.24) is 0 Å².